The van der Waals surface area contributed by atoms with Gasteiger partial charge in [-0.1, -0.05) is 182 Å². The lowest BCUT2D eigenvalue weighted by Crippen LogP contribution is -2.38. The molecule has 8 aromatic rings. The molecule has 0 amide bonds. The van der Waals surface area contributed by atoms with E-state index in [-0.39, 0.29) is 50.4 Å². The van der Waals surface area contributed by atoms with E-state index in [4.69, 9.17) is 37.0 Å². The predicted octanol–water partition coefficient (Wildman–Crippen LogP) is 10.1. The summed E-state index contributed by atoms with van der Waals surface area (Å²) in [6.45, 7) is 2.08. The van der Waals surface area contributed by atoms with Crippen molar-refractivity contribution in [2.75, 3.05) is 19.1 Å². The first-order valence-electron chi connectivity index (χ1n) is 26.6. The van der Waals surface area contributed by atoms with Crippen molar-refractivity contribution in [2.24, 2.45) is 0 Å². The van der Waals surface area contributed by atoms with Crippen molar-refractivity contribution in [1.82, 2.24) is 19.1 Å². The van der Waals surface area contributed by atoms with Gasteiger partial charge >= 0.3 is 26.6 Å². The quantitative estimate of drug-likeness (QED) is 0.0425. The van der Waals surface area contributed by atoms with Crippen LogP contribution in [0.15, 0.2) is 214 Å². The van der Waals surface area contributed by atoms with Crippen LogP contribution in [0.4, 0.5) is 0 Å². The van der Waals surface area contributed by atoms with E-state index in [1.54, 1.807) is 62.4 Å². The minimum Gasteiger partial charge on any atom is -0.371 e. The summed E-state index contributed by atoms with van der Waals surface area (Å²) in [6, 6.07) is 56.4. The Hall–Kier alpha value is -7.18. The molecule has 1 unspecified atom stereocenters. The highest BCUT2D eigenvalue weighted by atomic mass is 31.2. The van der Waals surface area contributed by atoms with E-state index in [0.717, 1.165) is 22.3 Å². The average molecular weight is 1140 g/mol. The van der Waals surface area contributed by atoms with Crippen LogP contribution >= 0.6 is 15.2 Å². The fourth-order valence-corrected chi connectivity index (χ4v) is 14.8. The third-order valence-electron chi connectivity index (χ3n) is 14.2. The summed E-state index contributed by atoms with van der Waals surface area (Å²) < 4.78 is 87.4. The van der Waals surface area contributed by atoms with Gasteiger partial charge in [0.25, 0.3) is 11.1 Å². The molecule has 0 aliphatic carbocycles. The largest absolute Gasteiger partial charge is 0.371 e. The molecule has 0 bridgehead atoms. The van der Waals surface area contributed by atoms with E-state index in [1.807, 2.05) is 133 Å². The van der Waals surface area contributed by atoms with Gasteiger partial charge in [-0.15, -0.1) is 0 Å². The van der Waals surface area contributed by atoms with E-state index >= 15 is 9.13 Å². The average Bonchev–Trinajstić information content (AvgIpc) is 4.14. The summed E-state index contributed by atoms with van der Waals surface area (Å²) >= 11 is 0. The van der Waals surface area contributed by atoms with Gasteiger partial charge in [0.15, 0.2) is 5.90 Å². The highest BCUT2D eigenvalue weighted by Crippen LogP contribution is 2.66. The third-order valence-corrected chi connectivity index (χ3v) is 19.2. The summed E-state index contributed by atoms with van der Waals surface area (Å²) in [7, 11) is -9.41. The molecular formula is C61H62N4O14P2. The number of nitrogens with zero attached hydrogens (tertiary/aromatic N) is 2. The number of hydrogen-bond donors (Lipinski definition) is 2. The SMILES string of the molecule is Cc1cn([C@H]2C[C@H](OCc3ccccc3)[C@@H](COP(=O)(CP(=O)(OCc3ccccc3)OCc3ccccc3)O[C@H]3C[C@H](n4cc(C)c(=O)[nH]c4=O)O[C@@H]3COC(c3ccccc3)(c3ccccc3)c3ccccc3)O2)c(=O)[nH]c1=O. The molecule has 0 spiro atoms. The molecule has 2 fully saturated rings. The van der Waals surface area contributed by atoms with E-state index < -0.39 is 92.7 Å². The Kier molecular flexibility index (Phi) is 18.1. The van der Waals surface area contributed by atoms with Gasteiger partial charge in [0.2, 0.25) is 0 Å². The van der Waals surface area contributed by atoms with Crippen LogP contribution in [0.1, 0.15) is 69.8 Å². The number of rotatable bonds is 24. The molecule has 2 N–H and O–H groups in total. The van der Waals surface area contributed by atoms with Gasteiger partial charge in [0.05, 0.1) is 45.2 Å². The zero-order valence-electron chi connectivity index (χ0n) is 44.6. The number of H-pyrrole nitrogens is 2. The Morgan fingerprint density at radius 3 is 1.31 bits per heavy atom. The van der Waals surface area contributed by atoms with Crippen molar-refractivity contribution >= 4 is 15.2 Å². The normalized spacial score (nSPS) is 20.0. The number of aryl methyl sites for hydroxylation is 2. The van der Waals surface area contributed by atoms with Gasteiger partial charge in [0.1, 0.15) is 30.3 Å². The lowest BCUT2D eigenvalue weighted by Gasteiger charge is -2.37. The van der Waals surface area contributed by atoms with Crippen molar-refractivity contribution in [3.05, 3.63) is 281 Å². The molecular weight excluding hydrogens is 1070 g/mol. The Morgan fingerprint density at radius 1 is 0.494 bits per heavy atom. The molecule has 4 heterocycles. The Labute approximate surface area is 467 Å². The second kappa shape index (κ2) is 25.7. The van der Waals surface area contributed by atoms with Crippen molar-refractivity contribution in [3.63, 3.8) is 0 Å². The van der Waals surface area contributed by atoms with Crippen molar-refractivity contribution in [3.8, 4) is 0 Å². The highest BCUT2D eigenvalue weighted by molar-refractivity contribution is 7.71. The summed E-state index contributed by atoms with van der Waals surface area (Å²) in [5.41, 5.74) is 1.10. The third kappa shape index (κ3) is 13.8. The number of benzene rings is 6. The number of nitrogens with one attached hydrogen (secondary N) is 2. The first-order chi connectivity index (χ1) is 39.3. The van der Waals surface area contributed by atoms with Crippen LogP contribution in [0.2, 0.25) is 0 Å². The smallest absolute Gasteiger partial charge is 0.343 e. The maximum absolute atomic E-state index is 16.4. The molecule has 2 aromatic heterocycles. The number of aromatic amines is 2. The fourth-order valence-electron chi connectivity index (χ4n) is 10.0. The molecule has 18 nitrogen and oxygen atoms in total. The molecule has 7 atom stereocenters. The summed E-state index contributed by atoms with van der Waals surface area (Å²) in [5, 5.41) is 0. The minimum atomic E-state index is -4.87. The number of ether oxygens (including phenoxy) is 4. The molecule has 420 valence electrons. The van der Waals surface area contributed by atoms with Gasteiger partial charge in [0, 0.05) is 36.4 Å². The Bertz CT molecular complexity index is 3560. The van der Waals surface area contributed by atoms with Crippen LogP contribution in [-0.4, -0.2) is 62.6 Å². The Balaban J connectivity index is 1.04. The van der Waals surface area contributed by atoms with Crippen LogP contribution in [0.3, 0.4) is 0 Å². The molecule has 0 radical (unpaired) electrons. The van der Waals surface area contributed by atoms with Crippen molar-refractivity contribution < 1.29 is 46.2 Å². The first-order valence-corrected chi connectivity index (χ1v) is 30.0. The van der Waals surface area contributed by atoms with E-state index in [9.17, 15) is 19.2 Å². The second-order valence-corrected chi connectivity index (χ2v) is 24.5. The first kappa shape index (κ1) is 57.1. The maximum Gasteiger partial charge on any atom is 0.343 e. The zero-order chi connectivity index (χ0) is 56.4. The van der Waals surface area contributed by atoms with Crippen LogP contribution in [0.5, 0.6) is 0 Å². The molecule has 2 saturated heterocycles. The molecule has 20 heteroatoms. The van der Waals surface area contributed by atoms with Gasteiger partial charge in [-0.05, 0) is 47.2 Å². The summed E-state index contributed by atoms with van der Waals surface area (Å²) in [4.78, 5) is 56.9. The van der Waals surface area contributed by atoms with Crippen LogP contribution in [0.25, 0.3) is 0 Å². The maximum atomic E-state index is 16.4. The molecule has 10 rings (SSSR count). The standard InChI is InChI=1S/C61H62N4O14P2/c1-43-35-64(59(68)62-57(43)66)55-33-51(72-37-45-21-9-3-10-22-45)54(78-55)41-76-81(71,42-80(70,74-38-46-23-11-4-12-24-46)75-39-47-25-13-5-14-26-47)79-52-34-56(65-36-44(2)58(67)63-60(65)69)77-53(52)40-73-61(48-27-15-6-16-28-48,49-29-17-7-18-30-49)50-31-19-8-20-32-50/h3-32,35-36,51-56H,33-34,37-42H2,1-2H3,(H,62,66,68)(H,63,67,69)/t51-,52-,53+,54+,55+,56+,81?/m0/s1. The van der Waals surface area contributed by atoms with E-state index in [1.165, 1.54) is 21.5 Å². The summed E-state index contributed by atoms with van der Waals surface area (Å²) in [6.07, 6.45) is -3.58. The van der Waals surface area contributed by atoms with Gasteiger partial charge in [-0.3, -0.25) is 37.8 Å². The van der Waals surface area contributed by atoms with E-state index in [0.29, 0.717) is 11.1 Å². The Morgan fingerprint density at radius 2 is 0.877 bits per heavy atom. The van der Waals surface area contributed by atoms with Gasteiger partial charge in [-0.25, -0.2) is 9.59 Å². The molecule has 0 saturated carbocycles. The number of hydrogen-bond acceptors (Lipinski definition) is 14. The fraction of sp³-hybridized carbons (Fsp3) is 0.279. The zero-order valence-corrected chi connectivity index (χ0v) is 46.4. The summed E-state index contributed by atoms with van der Waals surface area (Å²) in [5.74, 6) is -0.918. The van der Waals surface area contributed by atoms with Crippen molar-refractivity contribution in [1.29, 1.82) is 0 Å². The predicted molar refractivity (Wildman–Crippen MR) is 303 cm³/mol. The number of aromatic nitrogens is 4. The molecule has 2 aliphatic rings. The van der Waals surface area contributed by atoms with Crippen LogP contribution in [0, 0.1) is 13.8 Å². The lowest BCUT2D eigenvalue weighted by molar-refractivity contribution is -0.0938. The molecule has 2 aliphatic heterocycles. The molecule has 6 aromatic carbocycles. The monoisotopic (exact) mass is 1140 g/mol. The second-order valence-electron chi connectivity index (χ2n) is 19.9. The van der Waals surface area contributed by atoms with Crippen LogP contribution in [-0.2, 0) is 71.6 Å². The van der Waals surface area contributed by atoms with Gasteiger partial charge in [-0.2, -0.15) is 0 Å². The van der Waals surface area contributed by atoms with E-state index in [2.05, 4.69) is 9.97 Å². The highest BCUT2D eigenvalue weighted by Gasteiger charge is 2.49. The molecule has 81 heavy (non-hydrogen) atoms. The van der Waals surface area contributed by atoms with Gasteiger partial charge < -0.3 is 37.0 Å². The topological polar surface area (TPSA) is 218 Å². The lowest BCUT2D eigenvalue weighted by atomic mass is 9.80. The minimum absolute atomic E-state index is 0.104. The van der Waals surface area contributed by atoms with Crippen molar-refractivity contribution in [2.45, 2.75) is 89.0 Å². The van der Waals surface area contributed by atoms with Crippen LogP contribution < -0.4 is 22.5 Å².